The van der Waals surface area contributed by atoms with Gasteiger partial charge in [0.1, 0.15) is 0 Å². The Morgan fingerprint density at radius 2 is 1.67 bits per heavy atom. The maximum atomic E-state index is 5.75. The molecule has 0 amide bonds. The van der Waals surface area contributed by atoms with Crippen LogP contribution >= 0.6 is 6.49 Å². The topological polar surface area (TPSA) is 18.5 Å². The second kappa shape index (κ2) is 4.22. The summed E-state index contributed by atoms with van der Waals surface area (Å²) in [6.45, 7) is 0.374. The van der Waals surface area contributed by atoms with Crippen LogP contribution in [0.4, 0.5) is 5.69 Å². The first kappa shape index (κ1) is 11.1. The standard InChI is InChI=1S/C10H16N3PS/c1-12-8-9-13(2)14(12,15)11-10-6-4-3-5-7-10/h3-7H,8-9H2,1-2H3,(H,11,15). The molecular weight excluding hydrogens is 225 g/mol. The van der Waals surface area contributed by atoms with E-state index in [0.29, 0.717) is 0 Å². The van der Waals surface area contributed by atoms with E-state index in [4.69, 9.17) is 11.8 Å². The van der Waals surface area contributed by atoms with E-state index in [0.717, 1.165) is 18.8 Å². The molecule has 1 N–H and O–H groups in total. The third-order valence-corrected chi connectivity index (χ3v) is 7.47. The molecule has 0 atom stereocenters. The van der Waals surface area contributed by atoms with Crippen LogP contribution in [0.3, 0.4) is 0 Å². The molecule has 15 heavy (non-hydrogen) atoms. The SMILES string of the molecule is CN1CCN(C)P1(=S)Nc1ccccc1. The van der Waals surface area contributed by atoms with E-state index < -0.39 is 6.49 Å². The zero-order valence-electron chi connectivity index (χ0n) is 9.05. The van der Waals surface area contributed by atoms with Gasteiger partial charge in [0, 0.05) is 18.8 Å². The molecule has 2 rings (SSSR count). The highest BCUT2D eigenvalue weighted by molar-refractivity contribution is 8.13. The summed E-state index contributed by atoms with van der Waals surface area (Å²) >= 11 is 5.75. The van der Waals surface area contributed by atoms with Crippen molar-refractivity contribution in [3.8, 4) is 0 Å². The second-order valence-corrected chi connectivity index (χ2v) is 7.99. The van der Waals surface area contributed by atoms with Gasteiger partial charge in [0.2, 0.25) is 0 Å². The van der Waals surface area contributed by atoms with E-state index in [1.54, 1.807) is 0 Å². The number of likely N-dealkylation sites (N-methyl/N-ethyl adjacent to an activating group) is 2. The Balaban J connectivity index is 2.21. The minimum absolute atomic E-state index is 1.05. The number of para-hydroxylation sites is 1. The van der Waals surface area contributed by atoms with Crippen molar-refractivity contribution < 1.29 is 0 Å². The van der Waals surface area contributed by atoms with Crippen molar-refractivity contribution in [1.29, 1.82) is 0 Å². The molecule has 1 aliphatic heterocycles. The second-order valence-electron chi connectivity index (χ2n) is 3.78. The lowest BCUT2D eigenvalue weighted by Crippen LogP contribution is -2.18. The predicted octanol–water partition coefficient (Wildman–Crippen LogP) is 2.20. The van der Waals surface area contributed by atoms with E-state index in [1.807, 2.05) is 18.2 Å². The molecule has 0 radical (unpaired) electrons. The average Bonchev–Trinajstić information content (AvgIpc) is 2.48. The van der Waals surface area contributed by atoms with Gasteiger partial charge in [-0.25, -0.2) is 9.34 Å². The smallest absolute Gasteiger partial charge is 0.166 e. The van der Waals surface area contributed by atoms with Gasteiger partial charge in [0.25, 0.3) is 0 Å². The summed E-state index contributed by atoms with van der Waals surface area (Å²) in [4.78, 5) is 0. The normalized spacial score (nSPS) is 21.7. The van der Waals surface area contributed by atoms with Crippen LogP contribution in [0.25, 0.3) is 0 Å². The highest BCUT2D eigenvalue weighted by Crippen LogP contribution is 2.54. The van der Waals surface area contributed by atoms with Crippen molar-refractivity contribution >= 4 is 24.0 Å². The van der Waals surface area contributed by atoms with Crippen LogP contribution in [0.1, 0.15) is 0 Å². The number of nitrogens with one attached hydrogen (secondary N) is 1. The molecule has 1 saturated heterocycles. The minimum Gasteiger partial charge on any atom is -0.335 e. The molecule has 1 aliphatic rings. The number of anilines is 1. The van der Waals surface area contributed by atoms with Crippen molar-refractivity contribution in [3.05, 3.63) is 30.3 Å². The van der Waals surface area contributed by atoms with Crippen LogP contribution in [0.5, 0.6) is 0 Å². The van der Waals surface area contributed by atoms with Crippen molar-refractivity contribution in [2.45, 2.75) is 0 Å². The molecular formula is C10H16N3PS. The third kappa shape index (κ3) is 2.08. The summed E-state index contributed by atoms with van der Waals surface area (Å²) < 4.78 is 4.52. The largest absolute Gasteiger partial charge is 0.335 e. The van der Waals surface area contributed by atoms with Gasteiger partial charge >= 0.3 is 0 Å². The van der Waals surface area contributed by atoms with Crippen LogP contribution in [-0.2, 0) is 11.8 Å². The Hall–Kier alpha value is -0.410. The fourth-order valence-electron chi connectivity index (χ4n) is 1.67. The zero-order chi connectivity index (χ0) is 10.9. The highest BCUT2D eigenvalue weighted by Gasteiger charge is 2.33. The Kier molecular flexibility index (Phi) is 3.12. The molecule has 0 aromatic heterocycles. The first-order valence-corrected chi connectivity index (χ1v) is 7.70. The summed E-state index contributed by atoms with van der Waals surface area (Å²) in [6.07, 6.45) is 0. The summed E-state index contributed by atoms with van der Waals surface area (Å²) in [6, 6.07) is 10.2. The van der Waals surface area contributed by atoms with E-state index in [2.05, 4.69) is 40.7 Å². The van der Waals surface area contributed by atoms with Crippen LogP contribution in [0.15, 0.2) is 30.3 Å². The van der Waals surface area contributed by atoms with Crippen molar-refractivity contribution in [1.82, 2.24) is 9.34 Å². The molecule has 0 unspecified atom stereocenters. The molecule has 1 aromatic carbocycles. The van der Waals surface area contributed by atoms with E-state index >= 15 is 0 Å². The Morgan fingerprint density at radius 3 is 2.20 bits per heavy atom. The molecule has 82 valence electrons. The molecule has 3 nitrogen and oxygen atoms in total. The van der Waals surface area contributed by atoms with Gasteiger partial charge in [-0.1, -0.05) is 18.2 Å². The quantitative estimate of drug-likeness (QED) is 0.800. The number of hydrogen-bond acceptors (Lipinski definition) is 1. The van der Waals surface area contributed by atoms with Gasteiger partial charge in [-0.15, -0.1) is 0 Å². The Labute approximate surface area is 96.2 Å². The van der Waals surface area contributed by atoms with Crippen LogP contribution in [0, 0.1) is 0 Å². The summed E-state index contributed by atoms with van der Waals surface area (Å²) in [5, 5.41) is 3.49. The Bertz CT molecular complexity index is 368. The van der Waals surface area contributed by atoms with Crippen molar-refractivity contribution in [2.75, 3.05) is 32.3 Å². The Morgan fingerprint density at radius 1 is 1.13 bits per heavy atom. The van der Waals surface area contributed by atoms with Gasteiger partial charge in [-0.2, -0.15) is 0 Å². The van der Waals surface area contributed by atoms with E-state index in [-0.39, 0.29) is 0 Å². The van der Waals surface area contributed by atoms with Gasteiger partial charge < -0.3 is 5.09 Å². The molecule has 5 heteroatoms. The minimum atomic E-state index is -1.72. The van der Waals surface area contributed by atoms with Gasteiger partial charge in [-0.3, -0.25) is 0 Å². The molecule has 0 bridgehead atoms. The lowest BCUT2D eigenvalue weighted by molar-refractivity contribution is 0.553. The first-order chi connectivity index (χ1) is 7.13. The molecule has 0 aliphatic carbocycles. The summed E-state index contributed by atoms with van der Waals surface area (Å²) in [5.74, 6) is 0. The monoisotopic (exact) mass is 241 g/mol. The highest BCUT2D eigenvalue weighted by atomic mass is 32.4. The van der Waals surface area contributed by atoms with Crippen LogP contribution in [0.2, 0.25) is 0 Å². The molecule has 0 spiro atoms. The van der Waals surface area contributed by atoms with Crippen molar-refractivity contribution in [3.63, 3.8) is 0 Å². The number of benzene rings is 1. The maximum absolute atomic E-state index is 5.75. The van der Waals surface area contributed by atoms with Crippen molar-refractivity contribution in [2.24, 2.45) is 0 Å². The maximum Gasteiger partial charge on any atom is 0.166 e. The fourth-order valence-corrected chi connectivity index (χ4v) is 4.55. The number of hydrogen-bond donors (Lipinski definition) is 1. The number of nitrogens with zero attached hydrogens (tertiary/aromatic N) is 2. The van der Waals surface area contributed by atoms with Gasteiger partial charge in [0.15, 0.2) is 6.49 Å². The molecule has 1 aromatic rings. The van der Waals surface area contributed by atoms with Gasteiger partial charge in [0.05, 0.1) is 0 Å². The first-order valence-electron chi connectivity index (χ1n) is 4.99. The third-order valence-electron chi connectivity index (χ3n) is 2.72. The summed E-state index contributed by atoms with van der Waals surface area (Å²) in [7, 11) is 4.19. The predicted molar refractivity (Wildman–Crippen MR) is 69.6 cm³/mol. The zero-order valence-corrected chi connectivity index (χ0v) is 10.8. The van der Waals surface area contributed by atoms with Gasteiger partial charge in [-0.05, 0) is 38.0 Å². The van der Waals surface area contributed by atoms with E-state index in [9.17, 15) is 0 Å². The summed E-state index contributed by atoms with van der Waals surface area (Å²) in [5.41, 5.74) is 1.11. The number of rotatable bonds is 2. The molecule has 0 saturated carbocycles. The molecule has 1 heterocycles. The van der Waals surface area contributed by atoms with Crippen LogP contribution < -0.4 is 5.09 Å². The lowest BCUT2D eigenvalue weighted by Gasteiger charge is -2.30. The lowest BCUT2D eigenvalue weighted by atomic mass is 10.3. The fraction of sp³-hybridized carbons (Fsp3) is 0.400. The average molecular weight is 241 g/mol. The molecule has 1 fully saturated rings. The van der Waals surface area contributed by atoms with Crippen LogP contribution in [-0.4, -0.2) is 36.5 Å². The van der Waals surface area contributed by atoms with E-state index in [1.165, 1.54) is 0 Å².